The Labute approximate surface area is 81.1 Å². The van der Waals surface area contributed by atoms with Crippen molar-refractivity contribution in [3.05, 3.63) is 21.8 Å². The van der Waals surface area contributed by atoms with Gasteiger partial charge >= 0.3 is 0 Å². The van der Waals surface area contributed by atoms with E-state index in [0.29, 0.717) is 6.29 Å². The summed E-state index contributed by atoms with van der Waals surface area (Å²) < 4.78 is 24.5. The van der Waals surface area contributed by atoms with Crippen molar-refractivity contribution in [1.29, 1.82) is 0 Å². The van der Waals surface area contributed by atoms with Gasteiger partial charge in [-0.3, -0.25) is 4.79 Å². The van der Waals surface area contributed by atoms with Crippen LogP contribution in [0.5, 0.6) is 0 Å². The molecule has 6 heteroatoms. The standard InChI is InChI=1S/C7H5BrF2N2O/c8-5-4(6(9)10)1-3(2-13)7(11)12-5/h1-2,6H,(H2,11,12). The van der Waals surface area contributed by atoms with Gasteiger partial charge in [0.25, 0.3) is 6.43 Å². The number of aldehydes is 1. The van der Waals surface area contributed by atoms with Crippen LogP contribution in [0.4, 0.5) is 14.6 Å². The third-order valence-corrected chi connectivity index (χ3v) is 2.06. The van der Waals surface area contributed by atoms with Crippen molar-refractivity contribution in [2.45, 2.75) is 6.43 Å². The normalized spacial score (nSPS) is 10.5. The van der Waals surface area contributed by atoms with Crippen molar-refractivity contribution < 1.29 is 13.6 Å². The maximum atomic E-state index is 12.2. The highest BCUT2D eigenvalue weighted by molar-refractivity contribution is 9.10. The molecular weight excluding hydrogens is 246 g/mol. The average Bonchev–Trinajstić information content (AvgIpc) is 2.03. The SMILES string of the molecule is Nc1nc(Br)c(C(F)F)cc1C=O. The first kappa shape index (κ1) is 10.0. The van der Waals surface area contributed by atoms with Gasteiger partial charge in [-0.1, -0.05) is 0 Å². The van der Waals surface area contributed by atoms with E-state index in [2.05, 4.69) is 20.9 Å². The number of aromatic nitrogens is 1. The van der Waals surface area contributed by atoms with Crippen LogP contribution in [0.2, 0.25) is 0 Å². The van der Waals surface area contributed by atoms with E-state index in [-0.39, 0.29) is 21.5 Å². The van der Waals surface area contributed by atoms with Crippen molar-refractivity contribution in [3.8, 4) is 0 Å². The van der Waals surface area contributed by atoms with E-state index in [4.69, 9.17) is 5.73 Å². The quantitative estimate of drug-likeness (QED) is 0.647. The minimum Gasteiger partial charge on any atom is -0.383 e. The molecule has 2 N–H and O–H groups in total. The molecule has 0 saturated carbocycles. The van der Waals surface area contributed by atoms with Crippen LogP contribution in [-0.4, -0.2) is 11.3 Å². The molecule has 0 spiro atoms. The highest BCUT2D eigenvalue weighted by Crippen LogP contribution is 2.27. The molecule has 0 fully saturated rings. The van der Waals surface area contributed by atoms with Crippen LogP contribution < -0.4 is 5.73 Å². The van der Waals surface area contributed by atoms with E-state index in [0.717, 1.165) is 6.07 Å². The van der Waals surface area contributed by atoms with Gasteiger partial charge in [-0.05, 0) is 22.0 Å². The Morgan fingerprint density at radius 3 is 2.69 bits per heavy atom. The van der Waals surface area contributed by atoms with Crippen molar-refractivity contribution in [2.24, 2.45) is 0 Å². The number of carbonyl (C=O) groups excluding carboxylic acids is 1. The molecule has 0 bridgehead atoms. The second-order valence-electron chi connectivity index (χ2n) is 2.26. The molecule has 0 saturated heterocycles. The van der Waals surface area contributed by atoms with Crippen LogP contribution in [0.1, 0.15) is 22.3 Å². The minimum absolute atomic E-state index is 0.0292. The first-order valence-corrected chi connectivity index (χ1v) is 4.04. The van der Waals surface area contributed by atoms with Gasteiger partial charge < -0.3 is 5.73 Å². The number of carbonyl (C=O) groups is 1. The zero-order valence-corrected chi connectivity index (χ0v) is 7.88. The summed E-state index contributed by atoms with van der Waals surface area (Å²) in [6.07, 6.45) is -2.29. The highest BCUT2D eigenvalue weighted by atomic mass is 79.9. The van der Waals surface area contributed by atoms with Crippen LogP contribution in [-0.2, 0) is 0 Å². The van der Waals surface area contributed by atoms with E-state index in [1.165, 1.54) is 0 Å². The minimum atomic E-state index is -2.68. The van der Waals surface area contributed by atoms with Gasteiger partial charge in [0.1, 0.15) is 10.4 Å². The molecule has 0 amide bonds. The highest BCUT2D eigenvalue weighted by Gasteiger charge is 2.15. The molecule has 70 valence electrons. The van der Waals surface area contributed by atoms with E-state index < -0.39 is 6.43 Å². The largest absolute Gasteiger partial charge is 0.383 e. The zero-order valence-electron chi connectivity index (χ0n) is 6.30. The van der Waals surface area contributed by atoms with Crippen LogP contribution >= 0.6 is 15.9 Å². The van der Waals surface area contributed by atoms with Gasteiger partial charge in [-0.25, -0.2) is 13.8 Å². The molecule has 1 rings (SSSR count). The predicted octanol–water partition coefficient (Wildman–Crippen LogP) is 2.18. The fraction of sp³-hybridized carbons (Fsp3) is 0.143. The number of rotatable bonds is 2. The summed E-state index contributed by atoms with van der Waals surface area (Å²) in [4.78, 5) is 13.9. The van der Waals surface area contributed by atoms with E-state index in [9.17, 15) is 13.6 Å². The number of nitrogens with two attached hydrogens (primary N) is 1. The number of nitrogen functional groups attached to an aromatic ring is 1. The lowest BCUT2D eigenvalue weighted by molar-refractivity contribution is 0.112. The van der Waals surface area contributed by atoms with Crippen molar-refractivity contribution in [1.82, 2.24) is 4.98 Å². The van der Waals surface area contributed by atoms with Gasteiger partial charge in [0.05, 0.1) is 11.1 Å². The third kappa shape index (κ3) is 2.00. The first-order valence-electron chi connectivity index (χ1n) is 3.25. The van der Waals surface area contributed by atoms with E-state index >= 15 is 0 Å². The molecule has 13 heavy (non-hydrogen) atoms. The third-order valence-electron chi connectivity index (χ3n) is 1.43. The van der Waals surface area contributed by atoms with Crippen LogP contribution in [0.25, 0.3) is 0 Å². The summed E-state index contributed by atoms with van der Waals surface area (Å²) in [7, 11) is 0. The van der Waals surface area contributed by atoms with Crippen molar-refractivity contribution in [2.75, 3.05) is 5.73 Å². The molecule has 0 radical (unpaired) electrons. The van der Waals surface area contributed by atoms with Gasteiger partial charge in [0, 0.05) is 0 Å². The Bertz CT molecular complexity index is 344. The Kier molecular flexibility index (Phi) is 2.92. The van der Waals surface area contributed by atoms with Crippen LogP contribution in [0.3, 0.4) is 0 Å². The van der Waals surface area contributed by atoms with Gasteiger partial charge in [0.15, 0.2) is 6.29 Å². The molecular formula is C7H5BrF2N2O. The molecule has 1 aromatic rings. The van der Waals surface area contributed by atoms with E-state index in [1.54, 1.807) is 0 Å². The number of pyridine rings is 1. The second-order valence-corrected chi connectivity index (χ2v) is 3.01. The van der Waals surface area contributed by atoms with Gasteiger partial charge in [-0.15, -0.1) is 0 Å². The topological polar surface area (TPSA) is 56.0 Å². The summed E-state index contributed by atoms with van der Waals surface area (Å²) in [5, 5.41) is 0. The summed E-state index contributed by atoms with van der Waals surface area (Å²) in [5.41, 5.74) is 4.92. The molecule has 0 aliphatic rings. The number of halogens is 3. The predicted molar refractivity (Wildman–Crippen MR) is 46.7 cm³/mol. The van der Waals surface area contributed by atoms with Crippen molar-refractivity contribution >= 4 is 28.0 Å². The summed E-state index contributed by atoms with van der Waals surface area (Å²) in [6.45, 7) is 0. The number of hydrogen-bond donors (Lipinski definition) is 1. The Balaban J connectivity index is 3.30. The molecule has 0 aliphatic heterocycles. The second kappa shape index (κ2) is 3.78. The molecule has 3 nitrogen and oxygen atoms in total. The monoisotopic (exact) mass is 250 g/mol. The lowest BCUT2D eigenvalue weighted by atomic mass is 10.2. The molecule has 1 aromatic heterocycles. The fourth-order valence-electron chi connectivity index (χ4n) is 0.783. The first-order chi connectivity index (χ1) is 6.06. The Morgan fingerprint density at radius 1 is 1.62 bits per heavy atom. The molecule has 1 heterocycles. The summed E-state index contributed by atoms with van der Waals surface area (Å²) in [5.74, 6) is -0.0636. The summed E-state index contributed by atoms with van der Waals surface area (Å²) in [6, 6.07) is 1.02. The maximum absolute atomic E-state index is 12.2. The molecule has 0 aliphatic carbocycles. The number of nitrogens with zero attached hydrogens (tertiary/aromatic N) is 1. The molecule has 0 aromatic carbocycles. The Morgan fingerprint density at radius 2 is 2.23 bits per heavy atom. The van der Waals surface area contributed by atoms with Gasteiger partial charge in [0.2, 0.25) is 0 Å². The average molecular weight is 251 g/mol. The fourth-order valence-corrected chi connectivity index (χ4v) is 1.26. The molecule has 0 atom stereocenters. The van der Waals surface area contributed by atoms with Crippen LogP contribution in [0.15, 0.2) is 10.7 Å². The summed E-state index contributed by atoms with van der Waals surface area (Å²) >= 11 is 2.82. The van der Waals surface area contributed by atoms with Crippen molar-refractivity contribution in [3.63, 3.8) is 0 Å². The van der Waals surface area contributed by atoms with Gasteiger partial charge in [-0.2, -0.15) is 0 Å². The molecule has 0 unspecified atom stereocenters. The maximum Gasteiger partial charge on any atom is 0.266 e. The lowest BCUT2D eigenvalue weighted by Crippen LogP contribution is -2.00. The van der Waals surface area contributed by atoms with E-state index in [1.807, 2.05) is 0 Å². The number of alkyl halides is 2. The zero-order chi connectivity index (χ0) is 10.0. The number of hydrogen-bond acceptors (Lipinski definition) is 3. The smallest absolute Gasteiger partial charge is 0.266 e. The van der Waals surface area contributed by atoms with Crippen LogP contribution in [0, 0.1) is 0 Å². The Hall–Kier alpha value is -1.04. The lowest BCUT2D eigenvalue weighted by Gasteiger charge is -2.04. The number of anilines is 1.